The molecule has 2 heteroatoms. The number of hydrogen-bond donors (Lipinski definition) is 1. The van der Waals surface area contributed by atoms with Crippen LogP contribution >= 0.6 is 0 Å². The molecule has 0 radical (unpaired) electrons. The monoisotopic (exact) mass is 335 g/mol. The summed E-state index contributed by atoms with van der Waals surface area (Å²) in [6.45, 7) is 2.42. The lowest BCUT2D eigenvalue weighted by Crippen LogP contribution is -2.51. The smallest absolute Gasteiger partial charge is 0.115 e. The number of benzene rings is 2. The molecule has 2 aliphatic rings. The molecule has 0 aromatic heterocycles. The van der Waals surface area contributed by atoms with Crippen LogP contribution in [-0.4, -0.2) is 29.1 Å². The minimum Gasteiger partial charge on any atom is -0.508 e. The second-order valence-corrected chi connectivity index (χ2v) is 7.96. The topological polar surface area (TPSA) is 23.5 Å². The standard InChI is InChI=1S/C23H29NO/c25-22-12-4-10-20(17-22)23-13-5-11-21(18-23)24(16-14-23)15-6-9-19-7-2-1-3-8-19/h1-4,7-8,10,12,17,21,25H,5-6,9,11,13-16,18H2/t21-,23+/m0/s1. The number of likely N-dealkylation sites (tertiary alicyclic amines) is 1. The van der Waals surface area contributed by atoms with Crippen molar-refractivity contribution in [2.75, 3.05) is 13.1 Å². The Hall–Kier alpha value is -1.80. The quantitative estimate of drug-likeness (QED) is 0.839. The van der Waals surface area contributed by atoms with Crippen LogP contribution in [0.2, 0.25) is 0 Å². The second-order valence-electron chi connectivity index (χ2n) is 7.96. The van der Waals surface area contributed by atoms with E-state index < -0.39 is 0 Å². The molecule has 0 unspecified atom stereocenters. The van der Waals surface area contributed by atoms with E-state index in [0.29, 0.717) is 11.2 Å². The van der Waals surface area contributed by atoms with Crippen molar-refractivity contribution in [3.05, 3.63) is 65.7 Å². The number of nitrogens with zero attached hydrogens (tertiary/aromatic N) is 1. The molecule has 0 spiro atoms. The van der Waals surface area contributed by atoms with Gasteiger partial charge in [0.25, 0.3) is 0 Å². The Morgan fingerprint density at radius 3 is 2.76 bits per heavy atom. The van der Waals surface area contributed by atoms with Crippen molar-refractivity contribution >= 4 is 0 Å². The Morgan fingerprint density at radius 2 is 1.92 bits per heavy atom. The molecule has 25 heavy (non-hydrogen) atoms. The first-order valence-electron chi connectivity index (χ1n) is 9.83. The minimum atomic E-state index is 0.303. The van der Waals surface area contributed by atoms with Gasteiger partial charge >= 0.3 is 0 Å². The van der Waals surface area contributed by atoms with E-state index in [0.717, 1.165) is 6.04 Å². The van der Waals surface area contributed by atoms with E-state index in [-0.39, 0.29) is 0 Å². The highest BCUT2D eigenvalue weighted by Crippen LogP contribution is 2.47. The van der Waals surface area contributed by atoms with Crippen molar-refractivity contribution in [1.29, 1.82) is 0 Å². The Labute approximate surface area is 151 Å². The summed E-state index contributed by atoms with van der Waals surface area (Å²) in [6, 6.07) is 19.6. The van der Waals surface area contributed by atoms with Gasteiger partial charge < -0.3 is 10.0 Å². The number of aryl methyl sites for hydroxylation is 1. The molecular weight excluding hydrogens is 306 g/mol. The normalized spacial score (nSPS) is 26.5. The zero-order valence-electron chi connectivity index (χ0n) is 15.0. The van der Waals surface area contributed by atoms with Crippen LogP contribution < -0.4 is 0 Å². The van der Waals surface area contributed by atoms with Gasteiger partial charge in [-0.1, -0.05) is 48.9 Å². The molecule has 2 bridgehead atoms. The average molecular weight is 335 g/mol. The van der Waals surface area contributed by atoms with Gasteiger partial charge in [-0.05, 0) is 80.3 Å². The van der Waals surface area contributed by atoms with Crippen LogP contribution in [0, 0.1) is 0 Å². The van der Waals surface area contributed by atoms with E-state index in [1.807, 2.05) is 12.1 Å². The summed E-state index contributed by atoms with van der Waals surface area (Å²) >= 11 is 0. The molecule has 4 rings (SSSR count). The fraction of sp³-hybridized carbons (Fsp3) is 0.478. The Balaban J connectivity index is 1.39. The molecule has 132 valence electrons. The lowest BCUT2D eigenvalue weighted by Gasteiger charge is -2.51. The molecule has 1 saturated heterocycles. The Kier molecular flexibility index (Phi) is 4.80. The molecular formula is C23H29NO. The van der Waals surface area contributed by atoms with Crippen molar-refractivity contribution in [3.63, 3.8) is 0 Å². The fourth-order valence-electron chi connectivity index (χ4n) is 5.08. The van der Waals surface area contributed by atoms with E-state index in [9.17, 15) is 5.11 Å². The van der Waals surface area contributed by atoms with Crippen molar-refractivity contribution in [1.82, 2.24) is 4.90 Å². The maximum absolute atomic E-state index is 9.90. The number of piperidine rings is 1. The number of hydrogen-bond acceptors (Lipinski definition) is 2. The van der Waals surface area contributed by atoms with Gasteiger partial charge in [-0.2, -0.15) is 0 Å². The van der Waals surface area contributed by atoms with E-state index >= 15 is 0 Å². The van der Waals surface area contributed by atoms with Crippen LogP contribution in [0.15, 0.2) is 54.6 Å². The molecule has 1 heterocycles. The maximum Gasteiger partial charge on any atom is 0.115 e. The van der Waals surface area contributed by atoms with Crippen molar-refractivity contribution in [2.45, 2.75) is 56.4 Å². The third-order valence-corrected chi connectivity index (χ3v) is 6.43. The van der Waals surface area contributed by atoms with E-state index in [1.54, 1.807) is 6.07 Å². The predicted molar refractivity (Wildman–Crippen MR) is 103 cm³/mol. The first-order chi connectivity index (χ1) is 12.3. The lowest BCUT2D eigenvalue weighted by molar-refractivity contribution is 0.0508. The molecule has 1 aliphatic heterocycles. The zero-order valence-corrected chi connectivity index (χ0v) is 15.0. The van der Waals surface area contributed by atoms with E-state index in [4.69, 9.17) is 0 Å². The third-order valence-electron chi connectivity index (χ3n) is 6.43. The van der Waals surface area contributed by atoms with Gasteiger partial charge in [0.05, 0.1) is 0 Å². The van der Waals surface area contributed by atoms with Gasteiger partial charge in [-0.25, -0.2) is 0 Å². The molecule has 2 aromatic rings. The van der Waals surface area contributed by atoms with Crippen molar-refractivity contribution < 1.29 is 5.11 Å². The molecule has 0 amide bonds. The fourth-order valence-corrected chi connectivity index (χ4v) is 5.08. The summed E-state index contributed by atoms with van der Waals surface area (Å²) in [6.07, 6.45) is 8.87. The number of rotatable bonds is 5. The number of phenols is 1. The molecule has 2 nitrogen and oxygen atoms in total. The highest BCUT2D eigenvalue weighted by atomic mass is 16.3. The van der Waals surface area contributed by atoms with Crippen molar-refractivity contribution in [2.24, 2.45) is 0 Å². The third kappa shape index (κ3) is 3.59. The second kappa shape index (κ2) is 7.21. The van der Waals surface area contributed by atoms with Crippen molar-refractivity contribution in [3.8, 4) is 5.75 Å². The van der Waals surface area contributed by atoms with Crippen LogP contribution in [0.5, 0.6) is 5.75 Å². The molecule has 2 fully saturated rings. The van der Waals surface area contributed by atoms with Crippen LogP contribution in [0.3, 0.4) is 0 Å². The molecule has 2 atom stereocenters. The maximum atomic E-state index is 9.90. The van der Waals surface area contributed by atoms with E-state index in [2.05, 4.69) is 41.3 Å². The summed E-state index contributed by atoms with van der Waals surface area (Å²) in [5, 5.41) is 9.90. The summed E-state index contributed by atoms with van der Waals surface area (Å²) < 4.78 is 0. The van der Waals surface area contributed by atoms with Gasteiger partial charge in [-0.15, -0.1) is 0 Å². The Bertz CT molecular complexity index is 698. The first kappa shape index (κ1) is 16.7. The zero-order chi connectivity index (χ0) is 17.1. The number of aromatic hydroxyl groups is 1. The van der Waals surface area contributed by atoms with Gasteiger partial charge in [-0.3, -0.25) is 0 Å². The van der Waals surface area contributed by atoms with E-state index in [1.165, 1.54) is 69.2 Å². The van der Waals surface area contributed by atoms with Gasteiger partial charge in [0.1, 0.15) is 5.75 Å². The summed E-state index contributed by atoms with van der Waals surface area (Å²) in [5.74, 6) is 0.416. The SMILES string of the molecule is Oc1cccc([C@@]23CCC[C@@H](C2)N(CCCc2ccccc2)CC3)c1. The van der Waals surface area contributed by atoms with Gasteiger partial charge in [0.2, 0.25) is 0 Å². The molecule has 1 saturated carbocycles. The number of fused-ring (bicyclic) bond motifs is 2. The van der Waals surface area contributed by atoms with Crippen LogP contribution in [0.4, 0.5) is 0 Å². The molecule has 2 aromatic carbocycles. The summed E-state index contributed by atoms with van der Waals surface area (Å²) in [4.78, 5) is 2.74. The average Bonchev–Trinajstić information content (AvgIpc) is 2.65. The first-order valence-corrected chi connectivity index (χ1v) is 9.83. The minimum absolute atomic E-state index is 0.303. The molecule has 1 aliphatic carbocycles. The largest absolute Gasteiger partial charge is 0.508 e. The molecule has 1 N–H and O–H groups in total. The van der Waals surface area contributed by atoms with Crippen LogP contribution in [-0.2, 0) is 11.8 Å². The highest BCUT2D eigenvalue weighted by molar-refractivity contribution is 5.34. The van der Waals surface area contributed by atoms with Crippen LogP contribution in [0.1, 0.15) is 49.7 Å². The predicted octanol–water partition coefficient (Wildman–Crippen LogP) is 4.91. The van der Waals surface area contributed by atoms with Crippen LogP contribution in [0.25, 0.3) is 0 Å². The number of phenolic OH excluding ortho intramolecular Hbond substituents is 1. The van der Waals surface area contributed by atoms with Gasteiger partial charge in [0, 0.05) is 6.04 Å². The summed E-state index contributed by atoms with van der Waals surface area (Å²) in [5.41, 5.74) is 3.12. The Morgan fingerprint density at radius 1 is 1.04 bits per heavy atom. The van der Waals surface area contributed by atoms with Gasteiger partial charge in [0.15, 0.2) is 0 Å². The highest BCUT2D eigenvalue weighted by Gasteiger charge is 2.43. The lowest BCUT2D eigenvalue weighted by atomic mass is 9.63. The summed E-state index contributed by atoms with van der Waals surface area (Å²) in [7, 11) is 0.